The molecule has 1 aromatic heterocycles. The van der Waals surface area contributed by atoms with Gasteiger partial charge < -0.3 is 0 Å². The van der Waals surface area contributed by atoms with Crippen LogP contribution in [0.25, 0.3) is 0 Å². The Labute approximate surface area is 120 Å². The Balaban J connectivity index is 2.34. The predicted molar refractivity (Wildman–Crippen MR) is 76.7 cm³/mol. The van der Waals surface area contributed by atoms with Gasteiger partial charge in [0.2, 0.25) is 0 Å². The third kappa shape index (κ3) is 2.88. The van der Waals surface area contributed by atoms with E-state index in [4.69, 9.17) is 11.6 Å². The van der Waals surface area contributed by atoms with Gasteiger partial charge in [-0.15, -0.1) is 11.3 Å². The molecule has 0 radical (unpaired) electrons. The smallest absolute Gasteiger partial charge is 0.191 e. The Hall–Kier alpha value is -1.17. The first-order valence-electron chi connectivity index (χ1n) is 5.51. The van der Waals surface area contributed by atoms with Crippen molar-refractivity contribution in [3.05, 3.63) is 51.7 Å². The minimum absolute atomic E-state index is 0.151. The van der Waals surface area contributed by atoms with Gasteiger partial charge in [-0.25, -0.2) is 8.42 Å². The number of carbonyl (C=O) groups is 1. The van der Waals surface area contributed by atoms with Gasteiger partial charge in [-0.2, -0.15) is 0 Å². The van der Waals surface area contributed by atoms with Gasteiger partial charge in [0, 0.05) is 0 Å². The summed E-state index contributed by atoms with van der Waals surface area (Å²) < 4.78 is 25.1. The normalized spacial score (nSPS) is 13.2. The van der Waals surface area contributed by atoms with Crippen LogP contribution in [0.3, 0.4) is 0 Å². The molecule has 0 amide bonds. The zero-order chi connectivity index (χ0) is 14.0. The lowest BCUT2D eigenvalue weighted by Gasteiger charge is -2.10. The molecule has 0 saturated heterocycles. The van der Waals surface area contributed by atoms with Crippen molar-refractivity contribution in [1.29, 1.82) is 0 Å². The lowest BCUT2D eigenvalue weighted by molar-refractivity contribution is 0.0995. The van der Waals surface area contributed by atoms with Gasteiger partial charge >= 0.3 is 0 Å². The average molecular weight is 315 g/mol. The van der Waals surface area contributed by atoms with E-state index in [0.717, 1.165) is 11.3 Å². The summed E-state index contributed by atoms with van der Waals surface area (Å²) in [6.07, 6.45) is 0. The second-order valence-corrected chi connectivity index (χ2v) is 7.95. The standard InChI is InChI=1S/C13H11ClO3S2/c1-9(13(15)11-7-8-12(14)18-11)19(16,17)10-5-3-2-4-6-10/h2-9H,1H3. The third-order valence-electron chi connectivity index (χ3n) is 2.72. The van der Waals surface area contributed by atoms with Gasteiger partial charge in [0.05, 0.1) is 14.1 Å². The molecule has 0 aliphatic heterocycles. The van der Waals surface area contributed by atoms with Gasteiger partial charge in [0.1, 0.15) is 5.25 Å². The molecule has 1 unspecified atom stereocenters. The number of sulfone groups is 1. The van der Waals surface area contributed by atoms with E-state index in [9.17, 15) is 13.2 Å². The summed E-state index contributed by atoms with van der Waals surface area (Å²) in [6, 6.07) is 11.1. The largest absolute Gasteiger partial charge is 0.292 e. The number of Topliss-reactive ketones (excluding diaryl/α,β-unsaturated/α-hetero) is 1. The molecular formula is C13H11ClO3S2. The first-order valence-corrected chi connectivity index (χ1v) is 8.25. The monoisotopic (exact) mass is 314 g/mol. The van der Waals surface area contributed by atoms with E-state index in [0.29, 0.717) is 9.21 Å². The number of hydrogen-bond donors (Lipinski definition) is 0. The lowest BCUT2D eigenvalue weighted by Crippen LogP contribution is -2.26. The highest BCUT2D eigenvalue weighted by Crippen LogP contribution is 2.25. The van der Waals surface area contributed by atoms with E-state index in [2.05, 4.69) is 0 Å². The zero-order valence-electron chi connectivity index (χ0n) is 10.0. The Morgan fingerprint density at radius 2 is 1.79 bits per heavy atom. The number of thiophene rings is 1. The van der Waals surface area contributed by atoms with Crippen molar-refractivity contribution in [2.45, 2.75) is 17.1 Å². The highest BCUT2D eigenvalue weighted by Gasteiger charge is 2.30. The molecule has 2 rings (SSSR count). The summed E-state index contributed by atoms with van der Waals surface area (Å²) >= 11 is 6.84. The molecule has 0 fully saturated rings. The number of rotatable bonds is 4. The molecule has 0 bridgehead atoms. The molecular weight excluding hydrogens is 304 g/mol. The lowest BCUT2D eigenvalue weighted by atomic mass is 10.2. The van der Waals surface area contributed by atoms with Crippen molar-refractivity contribution in [2.75, 3.05) is 0 Å². The molecule has 3 nitrogen and oxygen atoms in total. The molecule has 1 heterocycles. The number of carbonyl (C=O) groups excluding carboxylic acids is 1. The van der Waals surface area contributed by atoms with Crippen molar-refractivity contribution in [3.8, 4) is 0 Å². The summed E-state index contributed by atoms with van der Waals surface area (Å²) in [5.41, 5.74) is 0. The van der Waals surface area contributed by atoms with Crippen LogP contribution < -0.4 is 0 Å². The predicted octanol–water partition coefficient (Wildman–Crippen LogP) is 3.45. The maximum Gasteiger partial charge on any atom is 0.191 e. The van der Waals surface area contributed by atoms with Crippen LogP contribution in [0, 0.1) is 0 Å². The first-order chi connectivity index (χ1) is 8.93. The summed E-state index contributed by atoms with van der Waals surface area (Å²) in [6.45, 7) is 1.40. The number of halogens is 1. The fourth-order valence-corrected chi connectivity index (χ4v) is 4.10. The zero-order valence-corrected chi connectivity index (χ0v) is 12.4. The average Bonchev–Trinajstić information content (AvgIpc) is 2.84. The van der Waals surface area contributed by atoms with Crippen molar-refractivity contribution in [1.82, 2.24) is 0 Å². The van der Waals surface area contributed by atoms with Crippen molar-refractivity contribution < 1.29 is 13.2 Å². The third-order valence-corrected chi connectivity index (χ3v) is 6.04. The highest BCUT2D eigenvalue weighted by atomic mass is 35.5. The van der Waals surface area contributed by atoms with Crippen molar-refractivity contribution in [3.63, 3.8) is 0 Å². The molecule has 100 valence electrons. The second kappa shape index (κ2) is 5.45. The maximum atomic E-state index is 12.3. The van der Waals surface area contributed by atoms with Crippen LogP contribution >= 0.6 is 22.9 Å². The van der Waals surface area contributed by atoms with Crippen LogP contribution in [-0.4, -0.2) is 19.5 Å². The van der Waals surface area contributed by atoms with Crippen LogP contribution in [0.1, 0.15) is 16.6 Å². The van der Waals surface area contributed by atoms with Gasteiger partial charge in [-0.05, 0) is 31.2 Å². The van der Waals surface area contributed by atoms with E-state index in [1.165, 1.54) is 19.1 Å². The van der Waals surface area contributed by atoms with E-state index in [1.807, 2.05) is 0 Å². The van der Waals surface area contributed by atoms with Crippen molar-refractivity contribution in [2.24, 2.45) is 0 Å². The Morgan fingerprint density at radius 1 is 1.16 bits per heavy atom. The fraction of sp³-hybridized carbons (Fsp3) is 0.154. The molecule has 1 aromatic carbocycles. The molecule has 0 aliphatic rings. The maximum absolute atomic E-state index is 12.3. The van der Waals surface area contributed by atoms with Gasteiger partial charge in [-0.1, -0.05) is 29.8 Å². The summed E-state index contributed by atoms with van der Waals surface area (Å²) in [5.74, 6) is -0.430. The first kappa shape index (κ1) is 14.2. The minimum Gasteiger partial charge on any atom is -0.292 e. The van der Waals surface area contributed by atoms with Crippen LogP contribution in [0.5, 0.6) is 0 Å². The van der Waals surface area contributed by atoms with Crippen LogP contribution in [0.2, 0.25) is 4.34 Å². The molecule has 1 atom stereocenters. The Bertz CT molecular complexity index is 690. The quantitative estimate of drug-likeness (QED) is 0.812. The molecule has 0 N–H and O–H groups in total. The topological polar surface area (TPSA) is 51.2 Å². The fourth-order valence-electron chi connectivity index (χ4n) is 1.60. The number of hydrogen-bond acceptors (Lipinski definition) is 4. The minimum atomic E-state index is -3.66. The van der Waals surface area contributed by atoms with Crippen LogP contribution in [-0.2, 0) is 9.84 Å². The summed E-state index contributed by atoms with van der Waals surface area (Å²) in [5, 5.41) is -1.12. The van der Waals surface area contributed by atoms with Crippen LogP contribution in [0.4, 0.5) is 0 Å². The molecule has 0 aliphatic carbocycles. The number of ketones is 1. The van der Waals surface area contributed by atoms with Gasteiger partial charge in [-0.3, -0.25) is 4.79 Å². The number of benzene rings is 1. The second-order valence-electron chi connectivity index (χ2n) is 3.97. The SMILES string of the molecule is CC(C(=O)c1ccc(Cl)s1)S(=O)(=O)c1ccccc1. The van der Waals surface area contributed by atoms with E-state index < -0.39 is 20.9 Å². The molecule has 0 saturated carbocycles. The van der Waals surface area contributed by atoms with E-state index >= 15 is 0 Å². The Kier molecular flexibility index (Phi) is 4.08. The summed E-state index contributed by atoms with van der Waals surface area (Å²) in [4.78, 5) is 12.7. The molecule has 2 aromatic rings. The van der Waals surface area contributed by atoms with E-state index in [-0.39, 0.29) is 4.90 Å². The van der Waals surface area contributed by atoms with Crippen LogP contribution in [0.15, 0.2) is 47.4 Å². The Morgan fingerprint density at radius 3 is 2.32 bits per heavy atom. The highest BCUT2D eigenvalue weighted by molar-refractivity contribution is 7.92. The van der Waals surface area contributed by atoms with E-state index in [1.54, 1.807) is 30.3 Å². The van der Waals surface area contributed by atoms with Gasteiger partial charge in [0.25, 0.3) is 0 Å². The molecule has 6 heteroatoms. The molecule has 0 spiro atoms. The summed E-state index contributed by atoms with van der Waals surface area (Å²) in [7, 11) is -3.66. The molecule has 19 heavy (non-hydrogen) atoms. The van der Waals surface area contributed by atoms with Gasteiger partial charge in [0.15, 0.2) is 15.6 Å². The van der Waals surface area contributed by atoms with Crippen molar-refractivity contribution >= 4 is 38.6 Å².